The fourth-order valence-corrected chi connectivity index (χ4v) is 2.25. The van der Waals surface area contributed by atoms with Crippen LogP contribution in [0, 0.1) is 6.92 Å². The highest BCUT2D eigenvalue weighted by Gasteiger charge is 2.05. The predicted octanol–water partition coefficient (Wildman–Crippen LogP) is 1.54. The van der Waals surface area contributed by atoms with Gasteiger partial charge >= 0.3 is 0 Å². The smallest absolute Gasteiger partial charge is 0.269 e. The molecule has 17 heavy (non-hydrogen) atoms. The average Bonchev–Trinajstić information content (AvgIpc) is 2.95. The summed E-state index contributed by atoms with van der Waals surface area (Å²) >= 11 is 1.67. The Morgan fingerprint density at radius 2 is 2.47 bits per heavy atom. The number of nitrogens with one attached hydrogen (secondary N) is 2. The molecule has 0 saturated heterocycles. The molecule has 0 aliphatic carbocycles. The second kappa shape index (κ2) is 5.58. The minimum atomic E-state index is -0.113. The zero-order valence-corrected chi connectivity index (χ0v) is 10.4. The second-order valence-corrected chi connectivity index (χ2v) is 4.65. The van der Waals surface area contributed by atoms with Crippen LogP contribution in [0.5, 0.6) is 0 Å². The maximum atomic E-state index is 11.5. The van der Waals surface area contributed by atoms with Crippen molar-refractivity contribution >= 4 is 17.2 Å². The van der Waals surface area contributed by atoms with Crippen LogP contribution in [-0.4, -0.2) is 27.4 Å². The fraction of sp³-hybridized carbons (Fsp3) is 0.364. The number of aromatic nitrogens is 3. The first-order valence-electron chi connectivity index (χ1n) is 5.43. The molecule has 0 unspecified atom stereocenters. The molecule has 0 fully saturated rings. The standard InChI is InChI=1S/C11H14N4OS/c1-8-6-17-10(15-8)3-2-4-13-11(16)9-5-12-7-14-9/h5-7H,2-4H2,1H3,(H,12,14)(H,13,16). The molecule has 0 radical (unpaired) electrons. The molecule has 0 spiro atoms. The minimum absolute atomic E-state index is 0.113. The third kappa shape index (κ3) is 3.39. The lowest BCUT2D eigenvalue weighted by atomic mass is 10.3. The molecule has 2 heterocycles. The number of carbonyl (C=O) groups is 1. The van der Waals surface area contributed by atoms with E-state index in [1.807, 2.05) is 12.3 Å². The van der Waals surface area contributed by atoms with Gasteiger partial charge in [0.2, 0.25) is 0 Å². The normalized spacial score (nSPS) is 10.4. The van der Waals surface area contributed by atoms with Crippen molar-refractivity contribution in [3.05, 3.63) is 34.3 Å². The molecule has 6 heteroatoms. The summed E-state index contributed by atoms with van der Waals surface area (Å²) in [6, 6.07) is 0. The van der Waals surface area contributed by atoms with E-state index in [1.54, 1.807) is 11.3 Å². The van der Waals surface area contributed by atoms with Crippen LogP contribution in [0.1, 0.15) is 27.6 Å². The fourth-order valence-electron chi connectivity index (χ4n) is 1.43. The topological polar surface area (TPSA) is 70.7 Å². The Balaban J connectivity index is 1.68. The number of aryl methyl sites for hydroxylation is 2. The number of amides is 1. The highest BCUT2D eigenvalue weighted by Crippen LogP contribution is 2.10. The van der Waals surface area contributed by atoms with Crippen LogP contribution >= 0.6 is 11.3 Å². The molecule has 0 saturated carbocycles. The van der Waals surface area contributed by atoms with Gasteiger partial charge in [-0.15, -0.1) is 11.3 Å². The van der Waals surface area contributed by atoms with Gasteiger partial charge in [0.1, 0.15) is 5.69 Å². The molecule has 2 N–H and O–H groups in total. The van der Waals surface area contributed by atoms with E-state index in [1.165, 1.54) is 12.5 Å². The SMILES string of the molecule is Cc1csc(CCCNC(=O)c2cnc[nH]2)n1. The highest BCUT2D eigenvalue weighted by atomic mass is 32.1. The van der Waals surface area contributed by atoms with Crippen molar-refractivity contribution in [3.63, 3.8) is 0 Å². The maximum absolute atomic E-state index is 11.5. The molecule has 0 bridgehead atoms. The number of aromatic amines is 1. The first-order valence-corrected chi connectivity index (χ1v) is 6.31. The van der Waals surface area contributed by atoms with Crippen LogP contribution in [0.15, 0.2) is 17.9 Å². The number of nitrogens with zero attached hydrogens (tertiary/aromatic N) is 2. The van der Waals surface area contributed by atoms with Gasteiger partial charge in [0.05, 0.1) is 17.5 Å². The van der Waals surface area contributed by atoms with E-state index in [-0.39, 0.29) is 5.91 Å². The summed E-state index contributed by atoms with van der Waals surface area (Å²) < 4.78 is 0. The first-order chi connectivity index (χ1) is 8.25. The molecule has 0 aromatic carbocycles. The predicted molar refractivity (Wildman–Crippen MR) is 66.1 cm³/mol. The highest BCUT2D eigenvalue weighted by molar-refractivity contribution is 7.09. The summed E-state index contributed by atoms with van der Waals surface area (Å²) in [6.45, 7) is 2.64. The Bertz CT molecular complexity index is 477. The number of rotatable bonds is 5. The van der Waals surface area contributed by atoms with Crippen LogP contribution in [0.2, 0.25) is 0 Å². The van der Waals surface area contributed by atoms with Crippen LogP contribution in [0.3, 0.4) is 0 Å². The van der Waals surface area contributed by atoms with Crippen molar-refractivity contribution in [2.24, 2.45) is 0 Å². The summed E-state index contributed by atoms with van der Waals surface area (Å²) in [5.41, 5.74) is 1.56. The van der Waals surface area contributed by atoms with E-state index in [0.717, 1.165) is 23.5 Å². The van der Waals surface area contributed by atoms with Crippen LogP contribution in [-0.2, 0) is 6.42 Å². The van der Waals surface area contributed by atoms with Crippen LogP contribution < -0.4 is 5.32 Å². The molecule has 90 valence electrons. The number of carbonyl (C=O) groups excluding carboxylic acids is 1. The summed E-state index contributed by atoms with van der Waals surface area (Å²) in [5.74, 6) is -0.113. The molecular weight excluding hydrogens is 236 g/mol. The quantitative estimate of drug-likeness (QED) is 0.791. The maximum Gasteiger partial charge on any atom is 0.269 e. The van der Waals surface area contributed by atoms with Crippen molar-refractivity contribution in [2.45, 2.75) is 19.8 Å². The van der Waals surface area contributed by atoms with Crippen molar-refractivity contribution < 1.29 is 4.79 Å². The molecule has 1 amide bonds. The molecule has 0 aliphatic rings. The van der Waals surface area contributed by atoms with Crippen LogP contribution in [0.25, 0.3) is 0 Å². The molecule has 2 aromatic heterocycles. The number of hydrogen-bond acceptors (Lipinski definition) is 4. The van der Waals surface area contributed by atoms with Gasteiger partial charge in [-0.05, 0) is 13.3 Å². The monoisotopic (exact) mass is 250 g/mol. The van der Waals surface area contributed by atoms with E-state index in [9.17, 15) is 4.79 Å². The third-order valence-electron chi connectivity index (χ3n) is 2.26. The van der Waals surface area contributed by atoms with E-state index in [4.69, 9.17) is 0 Å². The minimum Gasteiger partial charge on any atom is -0.351 e. The molecular formula is C11H14N4OS. The van der Waals surface area contributed by atoms with Crippen LogP contribution in [0.4, 0.5) is 0 Å². The molecule has 0 atom stereocenters. The molecule has 2 aromatic rings. The summed E-state index contributed by atoms with van der Waals surface area (Å²) in [4.78, 5) is 22.5. The van der Waals surface area contributed by atoms with Gasteiger partial charge in [-0.2, -0.15) is 0 Å². The van der Waals surface area contributed by atoms with Gasteiger partial charge in [-0.25, -0.2) is 9.97 Å². The molecule has 0 aliphatic heterocycles. The van der Waals surface area contributed by atoms with E-state index < -0.39 is 0 Å². The zero-order chi connectivity index (χ0) is 12.1. The van der Waals surface area contributed by atoms with Crippen molar-refractivity contribution in [1.82, 2.24) is 20.3 Å². The number of thiazole rings is 1. The average molecular weight is 250 g/mol. The number of imidazole rings is 1. The van der Waals surface area contributed by atoms with E-state index in [0.29, 0.717) is 12.2 Å². The van der Waals surface area contributed by atoms with Crippen molar-refractivity contribution in [3.8, 4) is 0 Å². The van der Waals surface area contributed by atoms with Crippen molar-refractivity contribution in [1.29, 1.82) is 0 Å². The third-order valence-corrected chi connectivity index (χ3v) is 3.29. The number of hydrogen-bond donors (Lipinski definition) is 2. The van der Waals surface area contributed by atoms with E-state index >= 15 is 0 Å². The lowest BCUT2D eigenvalue weighted by molar-refractivity contribution is 0.0949. The van der Waals surface area contributed by atoms with Crippen molar-refractivity contribution in [2.75, 3.05) is 6.54 Å². The molecule has 5 nitrogen and oxygen atoms in total. The summed E-state index contributed by atoms with van der Waals surface area (Å²) in [6.07, 6.45) is 4.81. The Labute approximate surface area is 103 Å². The van der Waals surface area contributed by atoms with Gasteiger partial charge in [0, 0.05) is 24.0 Å². The van der Waals surface area contributed by atoms with Gasteiger partial charge in [0.25, 0.3) is 5.91 Å². The second-order valence-electron chi connectivity index (χ2n) is 3.71. The van der Waals surface area contributed by atoms with E-state index in [2.05, 4.69) is 20.3 Å². The zero-order valence-electron chi connectivity index (χ0n) is 9.56. The van der Waals surface area contributed by atoms with Gasteiger partial charge < -0.3 is 10.3 Å². The molecule has 2 rings (SSSR count). The van der Waals surface area contributed by atoms with Gasteiger partial charge in [-0.1, -0.05) is 0 Å². The summed E-state index contributed by atoms with van der Waals surface area (Å²) in [7, 11) is 0. The first kappa shape index (κ1) is 11.8. The number of H-pyrrole nitrogens is 1. The Morgan fingerprint density at radius 3 is 3.12 bits per heavy atom. The lowest BCUT2D eigenvalue weighted by Gasteiger charge is -2.01. The Hall–Kier alpha value is -1.69. The Morgan fingerprint density at radius 1 is 1.59 bits per heavy atom. The largest absolute Gasteiger partial charge is 0.351 e. The lowest BCUT2D eigenvalue weighted by Crippen LogP contribution is -2.25. The Kier molecular flexibility index (Phi) is 3.87. The van der Waals surface area contributed by atoms with Gasteiger partial charge in [0.15, 0.2) is 0 Å². The summed E-state index contributed by atoms with van der Waals surface area (Å²) in [5, 5.41) is 5.99. The van der Waals surface area contributed by atoms with Gasteiger partial charge in [-0.3, -0.25) is 4.79 Å².